The van der Waals surface area contributed by atoms with Crippen LogP contribution in [0.2, 0.25) is 10.0 Å². The number of nitrogens with one attached hydrogen (secondary N) is 1. The van der Waals surface area contributed by atoms with Crippen LogP contribution in [-0.2, 0) is 13.2 Å². The lowest BCUT2D eigenvalue weighted by Crippen LogP contribution is -2.16. The molecule has 1 N–H and O–H groups in total. The van der Waals surface area contributed by atoms with Gasteiger partial charge < -0.3 is 14.6 Å². The van der Waals surface area contributed by atoms with E-state index < -0.39 is 5.91 Å². The third-order valence-corrected chi connectivity index (χ3v) is 6.01. The van der Waals surface area contributed by atoms with Gasteiger partial charge in [-0.25, -0.2) is 0 Å². The molecule has 0 aliphatic carbocycles. The largest absolute Gasteiger partial charge is 0.488 e. The van der Waals surface area contributed by atoms with Crippen LogP contribution in [-0.4, -0.2) is 20.8 Å². The van der Waals surface area contributed by atoms with Crippen LogP contribution in [0.5, 0.6) is 5.75 Å². The van der Waals surface area contributed by atoms with Gasteiger partial charge in [0, 0.05) is 11.2 Å². The van der Waals surface area contributed by atoms with Crippen molar-refractivity contribution in [2.24, 2.45) is 0 Å². The Morgan fingerprint density at radius 3 is 2.67 bits per heavy atom. The van der Waals surface area contributed by atoms with Gasteiger partial charge in [0.25, 0.3) is 5.91 Å². The molecule has 2 heterocycles. The molecule has 0 atom stereocenters. The van der Waals surface area contributed by atoms with Crippen molar-refractivity contribution in [3.05, 3.63) is 92.4 Å². The SMILES string of the molecule is Cc1cccc(OCc2c(C(=O)Nc3nn(Cc4ccccc4Cl)cc3Cl)noc2C)c1C. The molecule has 4 aromatic rings. The van der Waals surface area contributed by atoms with Gasteiger partial charge >= 0.3 is 0 Å². The Morgan fingerprint density at radius 1 is 1.09 bits per heavy atom. The maximum atomic E-state index is 12.9. The molecule has 33 heavy (non-hydrogen) atoms. The van der Waals surface area contributed by atoms with Gasteiger partial charge in [0.1, 0.15) is 23.1 Å². The van der Waals surface area contributed by atoms with E-state index in [0.717, 1.165) is 22.4 Å². The predicted octanol–water partition coefficient (Wildman–Crippen LogP) is 5.98. The zero-order chi connectivity index (χ0) is 23.5. The Morgan fingerprint density at radius 2 is 1.88 bits per heavy atom. The third kappa shape index (κ3) is 5.05. The molecular weight excluding hydrogens is 463 g/mol. The number of carbonyl (C=O) groups is 1. The van der Waals surface area contributed by atoms with Gasteiger partial charge in [-0.15, -0.1) is 0 Å². The summed E-state index contributed by atoms with van der Waals surface area (Å²) in [7, 11) is 0. The van der Waals surface area contributed by atoms with Crippen molar-refractivity contribution in [2.75, 3.05) is 5.32 Å². The van der Waals surface area contributed by atoms with Crippen molar-refractivity contribution in [1.82, 2.24) is 14.9 Å². The van der Waals surface area contributed by atoms with Gasteiger partial charge in [0.15, 0.2) is 11.5 Å². The van der Waals surface area contributed by atoms with Crippen LogP contribution >= 0.6 is 23.2 Å². The molecule has 0 saturated carbocycles. The highest BCUT2D eigenvalue weighted by molar-refractivity contribution is 6.33. The van der Waals surface area contributed by atoms with Gasteiger partial charge in [-0.05, 0) is 49.6 Å². The zero-order valence-electron chi connectivity index (χ0n) is 18.4. The number of benzene rings is 2. The topological polar surface area (TPSA) is 82.2 Å². The number of halogens is 2. The molecule has 0 aliphatic rings. The number of carbonyl (C=O) groups excluding carboxylic acids is 1. The summed E-state index contributed by atoms with van der Waals surface area (Å²) in [5.41, 5.74) is 3.71. The molecule has 9 heteroatoms. The fourth-order valence-electron chi connectivity index (χ4n) is 3.30. The van der Waals surface area contributed by atoms with Gasteiger partial charge in [-0.1, -0.05) is 58.7 Å². The van der Waals surface area contributed by atoms with E-state index in [2.05, 4.69) is 15.6 Å². The molecule has 7 nitrogen and oxygen atoms in total. The molecule has 0 unspecified atom stereocenters. The molecule has 0 fully saturated rings. The standard InChI is InChI=1S/C24H22Cl2N4O3/c1-14-7-6-10-21(15(14)2)32-13-18-16(3)33-29-22(18)24(31)27-23-20(26)12-30(28-23)11-17-8-4-5-9-19(17)25/h4-10,12H,11,13H2,1-3H3,(H,27,28,31). The average molecular weight is 485 g/mol. The average Bonchev–Trinajstić information content (AvgIpc) is 3.32. The number of anilines is 1. The zero-order valence-corrected chi connectivity index (χ0v) is 19.9. The lowest BCUT2D eigenvalue weighted by molar-refractivity contribution is 0.101. The maximum absolute atomic E-state index is 12.9. The summed E-state index contributed by atoms with van der Waals surface area (Å²) in [5, 5.41) is 11.9. The van der Waals surface area contributed by atoms with E-state index in [-0.39, 0.29) is 18.1 Å². The number of nitrogens with zero attached hydrogens (tertiary/aromatic N) is 3. The molecule has 0 aliphatic heterocycles. The molecule has 1 amide bonds. The third-order valence-electron chi connectivity index (χ3n) is 5.37. The summed E-state index contributed by atoms with van der Waals surface area (Å²) in [6.45, 7) is 6.28. The molecule has 4 rings (SSSR count). The number of hydrogen-bond acceptors (Lipinski definition) is 5. The van der Waals surface area contributed by atoms with Crippen LogP contribution in [0.25, 0.3) is 0 Å². The highest BCUT2D eigenvalue weighted by Gasteiger charge is 2.22. The Balaban J connectivity index is 1.49. The second-order valence-electron chi connectivity index (χ2n) is 7.62. The molecule has 0 saturated heterocycles. The Hall–Kier alpha value is -3.29. The maximum Gasteiger partial charge on any atom is 0.279 e. The summed E-state index contributed by atoms with van der Waals surface area (Å²) in [4.78, 5) is 12.9. The minimum Gasteiger partial charge on any atom is -0.488 e. The van der Waals surface area contributed by atoms with E-state index in [1.165, 1.54) is 0 Å². The molecule has 0 spiro atoms. The summed E-state index contributed by atoms with van der Waals surface area (Å²) in [5.74, 6) is 0.969. The van der Waals surface area contributed by atoms with Gasteiger partial charge in [0.2, 0.25) is 0 Å². The lowest BCUT2D eigenvalue weighted by atomic mass is 10.1. The van der Waals surface area contributed by atoms with Crippen LogP contribution in [0.15, 0.2) is 53.2 Å². The first-order valence-corrected chi connectivity index (χ1v) is 11.0. The number of amides is 1. The summed E-state index contributed by atoms with van der Waals surface area (Å²) in [6.07, 6.45) is 1.62. The first kappa shape index (κ1) is 22.9. The molecule has 170 valence electrons. The van der Waals surface area contributed by atoms with Crippen molar-refractivity contribution in [3.8, 4) is 5.75 Å². The van der Waals surface area contributed by atoms with E-state index in [0.29, 0.717) is 27.9 Å². The smallest absolute Gasteiger partial charge is 0.279 e. The highest BCUT2D eigenvalue weighted by atomic mass is 35.5. The van der Waals surface area contributed by atoms with Crippen LogP contribution in [0.3, 0.4) is 0 Å². The van der Waals surface area contributed by atoms with E-state index >= 15 is 0 Å². The summed E-state index contributed by atoms with van der Waals surface area (Å²) in [6, 6.07) is 13.3. The van der Waals surface area contributed by atoms with Crippen LogP contribution in [0.1, 0.15) is 38.5 Å². The molecule has 2 aromatic carbocycles. The fraction of sp³-hybridized carbons (Fsp3) is 0.208. The van der Waals surface area contributed by atoms with E-state index in [1.54, 1.807) is 23.9 Å². The Labute approximate surface area is 201 Å². The first-order chi connectivity index (χ1) is 15.8. The second-order valence-corrected chi connectivity index (χ2v) is 8.44. The van der Waals surface area contributed by atoms with Gasteiger partial charge in [-0.3, -0.25) is 9.48 Å². The van der Waals surface area contributed by atoms with Gasteiger partial charge in [0.05, 0.1) is 12.1 Å². The molecular formula is C24H22Cl2N4O3. The summed E-state index contributed by atoms with van der Waals surface area (Å²) >= 11 is 12.5. The quantitative estimate of drug-likeness (QED) is 0.348. The van der Waals surface area contributed by atoms with Crippen molar-refractivity contribution in [3.63, 3.8) is 0 Å². The van der Waals surface area contributed by atoms with E-state index in [1.807, 2.05) is 50.2 Å². The summed E-state index contributed by atoms with van der Waals surface area (Å²) < 4.78 is 12.8. The molecule has 0 bridgehead atoms. The molecule has 2 aromatic heterocycles. The highest BCUT2D eigenvalue weighted by Crippen LogP contribution is 2.25. The predicted molar refractivity (Wildman–Crippen MR) is 127 cm³/mol. The Bertz CT molecular complexity index is 1310. The first-order valence-electron chi connectivity index (χ1n) is 10.3. The Kier molecular flexibility index (Phi) is 6.72. The number of aryl methyl sites for hydroxylation is 2. The van der Waals surface area contributed by atoms with E-state index in [9.17, 15) is 4.79 Å². The minimum atomic E-state index is -0.490. The van der Waals surface area contributed by atoms with Gasteiger partial charge in [-0.2, -0.15) is 5.10 Å². The van der Waals surface area contributed by atoms with Crippen molar-refractivity contribution in [2.45, 2.75) is 33.9 Å². The van der Waals surface area contributed by atoms with E-state index in [4.69, 9.17) is 32.5 Å². The van der Waals surface area contributed by atoms with Crippen molar-refractivity contribution in [1.29, 1.82) is 0 Å². The fourth-order valence-corrected chi connectivity index (χ4v) is 3.69. The monoisotopic (exact) mass is 484 g/mol. The number of hydrogen-bond donors (Lipinski definition) is 1. The van der Waals surface area contributed by atoms with Crippen molar-refractivity contribution >= 4 is 34.9 Å². The van der Waals surface area contributed by atoms with Crippen LogP contribution in [0, 0.1) is 20.8 Å². The second kappa shape index (κ2) is 9.68. The normalized spacial score (nSPS) is 10.9. The van der Waals surface area contributed by atoms with Crippen molar-refractivity contribution < 1.29 is 14.1 Å². The number of aromatic nitrogens is 3. The lowest BCUT2D eigenvalue weighted by Gasteiger charge is -2.11. The minimum absolute atomic E-state index is 0.120. The van der Waals surface area contributed by atoms with Crippen LogP contribution in [0.4, 0.5) is 5.82 Å². The number of ether oxygens (including phenoxy) is 1. The number of rotatable bonds is 7. The van der Waals surface area contributed by atoms with Crippen LogP contribution < -0.4 is 10.1 Å². The molecule has 0 radical (unpaired) electrons.